The molecule has 0 aromatic carbocycles. The molecule has 0 aromatic rings. The number of hydrogen-bond acceptors (Lipinski definition) is 6. The summed E-state index contributed by atoms with van der Waals surface area (Å²) in [5.41, 5.74) is 0. The summed E-state index contributed by atoms with van der Waals surface area (Å²) in [7, 11) is 1.34. The zero-order valence-electron chi connectivity index (χ0n) is 9.65. The van der Waals surface area contributed by atoms with Crippen LogP contribution in [0.15, 0.2) is 0 Å². The predicted molar refractivity (Wildman–Crippen MR) is 58.2 cm³/mol. The molecule has 0 bridgehead atoms. The van der Waals surface area contributed by atoms with Crippen LogP contribution in [-0.4, -0.2) is 75.1 Å². The fourth-order valence-electron chi connectivity index (χ4n) is 1.56. The van der Waals surface area contributed by atoms with E-state index in [2.05, 4.69) is 15.0 Å². The summed E-state index contributed by atoms with van der Waals surface area (Å²) in [4.78, 5) is 12.9. The highest BCUT2D eigenvalue weighted by Crippen LogP contribution is 1.97. The summed E-state index contributed by atoms with van der Waals surface area (Å²) in [5.74, 6) is -0.321. The van der Waals surface area contributed by atoms with E-state index in [0.717, 1.165) is 26.3 Å². The van der Waals surface area contributed by atoms with Gasteiger partial charge in [0.05, 0.1) is 33.0 Å². The highest BCUT2D eigenvalue weighted by molar-refractivity contribution is 5.71. The lowest BCUT2D eigenvalue weighted by Gasteiger charge is -2.28. The fourth-order valence-corrected chi connectivity index (χ4v) is 1.56. The monoisotopic (exact) mass is 232 g/mol. The Morgan fingerprint density at radius 2 is 2.25 bits per heavy atom. The van der Waals surface area contributed by atoms with E-state index in [9.17, 15) is 9.90 Å². The van der Waals surface area contributed by atoms with Gasteiger partial charge in [0, 0.05) is 26.2 Å². The van der Waals surface area contributed by atoms with E-state index >= 15 is 0 Å². The van der Waals surface area contributed by atoms with E-state index in [4.69, 9.17) is 4.74 Å². The Labute approximate surface area is 95.5 Å². The lowest BCUT2D eigenvalue weighted by molar-refractivity contribution is -0.139. The molecule has 16 heavy (non-hydrogen) atoms. The van der Waals surface area contributed by atoms with E-state index in [-0.39, 0.29) is 12.5 Å². The van der Waals surface area contributed by atoms with Crippen molar-refractivity contribution >= 4 is 5.97 Å². The summed E-state index contributed by atoms with van der Waals surface area (Å²) in [6, 6.07) is 0. The van der Waals surface area contributed by atoms with Crippen molar-refractivity contribution in [3.05, 3.63) is 0 Å². The molecule has 1 saturated heterocycles. The lowest BCUT2D eigenvalue weighted by Crippen LogP contribution is -2.44. The molecule has 94 valence electrons. The lowest BCUT2D eigenvalue weighted by atomic mass is 10.3. The Kier molecular flexibility index (Phi) is 6.32. The smallest absolute Gasteiger partial charge is 0.319 e. The fraction of sp³-hybridized carbons (Fsp3) is 0.900. The summed E-state index contributed by atoms with van der Waals surface area (Å²) in [6.45, 7) is 4.30. The SMILES string of the molecule is COC(=O)CNCC(O)CN1CCOCC1. The number of nitrogens with zero attached hydrogens (tertiary/aromatic N) is 1. The Hall–Kier alpha value is -0.690. The minimum Gasteiger partial charge on any atom is -0.468 e. The number of hydrogen-bond donors (Lipinski definition) is 2. The van der Waals surface area contributed by atoms with Crippen LogP contribution in [0.25, 0.3) is 0 Å². The van der Waals surface area contributed by atoms with Gasteiger partial charge in [-0.15, -0.1) is 0 Å². The molecule has 1 unspecified atom stereocenters. The number of rotatable bonds is 6. The number of β-amino-alcohol motifs (C(OH)–C–C–N with tert-alkyl or cyclic N) is 1. The van der Waals surface area contributed by atoms with Crippen molar-refractivity contribution in [2.24, 2.45) is 0 Å². The second kappa shape index (κ2) is 7.56. The van der Waals surface area contributed by atoms with Crippen molar-refractivity contribution in [2.45, 2.75) is 6.10 Å². The van der Waals surface area contributed by atoms with Gasteiger partial charge in [-0.1, -0.05) is 0 Å². The normalized spacial score (nSPS) is 19.4. The number of carbonyl (C=O) groups excluding carboxylic acids is 1. The third kappa shape index (κ3) is 5.41. The highest BCUT2D eigenvalue weighted by atomic mass is 16.5. The van der Waals surface area contributed by atoms with Crippen molar-refractivity contribution < 1.29 is 19.4 Å². The van der Waals surface area contributed by atoms with E-state index < -0.39 is 6.10 Å². The van der Waals surface area contributed by atoms with Crippen molar-refractivity contribution in [2.75, 3.05) is 53.0 Å². The quantitative estimate of drug-likeness (QED) is 0.540. The molecule has 1 heterocycles. The second-order valence-electron chi connectivity index (χ2n) is 3.77. The third-order valence-corrected chi connectivity index (χ3v) is 2.45. The average molecular weight is 232 g/mol. The van der Waals surface area contributed by atoms with E-state index in [1.807, 2.05) is 0 Å². The largest absolute Gasteiger partial charge is 0.468 e. The van der Waals surface area contributed by atoms with Gasteiger partial charge in [-0.2, -0.15) is 0 Å². The van der Waals surface area contributed by atoms with Crippen LogP contribution in [0.3, 0.4) is 0 Å². The number of esters is 1. The van der Waals surface area contributed by atoms with Crippen molar-refractivity contribution in [3.63, 3.8) is 0 Å². The average Bonchev–Trinajstić information content (AvgIpc) is 2.30. The molecule has 1 fully saturated rings. The van der Waals surface area contributed by atoms with Gasteiger partial charge in [-0.25, -0.2) is 0 Å². The maximum absolute atomic E-state index is 10.8. The number of morpholine rings is 1. The summed E-state index contributed by atoms with van der Waals surface area (Å²) in [5, 5.41) is 12.5. The van der Waals surface area contributed by atoms with Crippen LogP contribution in [0, 0.1) is 0 Å². The summed E-state index contributed by atoms with van der Waals surface area (Å²) >= 11 is 0. The van der Waals surface area contributed by atoms with Gasteiger partial charge in [-0.05, 0) is 0 Å². The van der Waals surface area contributed by atoms with Gasteiger partial charge in [0.2, 0.25) is 0 Å². The summed E-state index contributed by atoms with van der Waals surface area (Å²) < 4.78 is 9.68. The molecule has 1 aliphatic rings. The van der Waals surface area contributed by atoms with Crippen LogP contribution < -0.4 is 5.32 Å². The first-order valence-corrected chi connectivity index (χ1v) is 5.48. The number of methoxy groups -OCH3 is 1. The molecule has 0 saturated carbocycles. The Balaban J connectivity index is 2.05. The molecule has 1 aliphatic heterocycles. The van der Waals surface area contributed by atoms with E-state index in [0.29, 0.717) is 13.1 Å². The number of aliphatic hydroxyl groups excluding tert-OH is 1. The van der Waals surface area contributed by atoms with Crippen molar-refractivity contribution in [1.82, 2.24) is 10.2 Å². The zero-order valence-corrected chi connectivity index (χ0v) is 9.65. The summed E-state index contributed by atoms with van der Waals surface area (Å²) in [6.07, 6.45) is -0.470. The number of aliphatic hydroxyl groups is 1. The molecule has 6 nitrogen and oxygen atoms in total. The number of ether oxygens (including phenoxy) is 2. The van der Waals surface area contributed by atoms with Crippen LogP contribution in [0.5, 0.6) is 0 Å². The molecule has 0 aromatic heterocycles. The standard InChI is InChI=1S/C10H20N2O4/c1-15-10(14)7-11-6-9(13)8-12-2-4-16-5-3-12/h9,11,13H,2-8H2,1H3. The molecular weight excluding hydrogens is 212 g/mol. The topological polar surface area (TPSA) is 71.0 Å². The van der Waals surface area contributed by atoms with Crippen LogP contribution >= 0.6 is 0 Å². The van der Waals surface area contributed by atoms with Crippen LogP contribution in [0.2, 0.25) is 0 Å². The number of nitrogens with one attached hydrogen (secondary N) is 1. The Bertz CT molecular complexity index is 207. The molecule has 0 radical (unpaired) electrons. The number of carbonyl (C=O) groups is 1. The predicted octanol–water partition coefficient (Wildman–Crippen LogP) is -1.56. The van der Waals surface area contributed by atoms with Crippen molar-refractivity contribution in [3.8, 4) is 0 Å². The van der Waals surface area contributed by atoms with Crippen LogP contribution in [-0.2, 0) is 14.3 Å². The minimum atomic E-state index is -0.470. The first kappa shape index (κ1) is 13.4. The molecule has 1 rings (SSSR count). The first-order valence-electron chi connectivity index (χ1n) is 5.48. The van der Waals surface area contributed by atoms with Gasteiger partial charge in [0.1, 0.15) is 0 Å². The van der Waals surface area contributed by atoms with E-state index in [1.54, 1.807) is 0 Å². The minimum absolute atomic E-state index is 0.136. The third-order valence-electron chi connectivity index (χ3n) is 2.45. The zero-order chi connectivity index (χ0) is 11.8. The first-order chi connectivity index (χ1) is 7.72. The second-order valence-corrected chi connectivity index (χ2v) is 3.77. The molecule has 6 heteroatoms. The van der Waals surface area contributed by atoms with Gasteiger partial charge >= 0.3 is 5.97 Å². The van der Waals surface area contributed by atoms with Crippen LogP contribution in [0.4, 0.5) is 0 Å². The molecule has 0 spiro atoms. The Morgan fingerprint density at radius 1 is 1.56 bits per heavy atom. The highest BCUT2D eigenvalue weighted by Gasteiger charge is 2.14. The van der Waals surface area contributed by atoms with Gasteiger partial charge in [-0.3, -0.25) is 9.69 Å². The van der Waals surface area contributed by atoms with Gasteiger partial charge in [0.25, 0.3) is 0 Å². The van der Waals surface area contributed by atoms with Crippen LogP contribution in [0.1, 0.15) is 0 Å². The molecule has 2 N–H and O–H groups in total. The van der Waals surface area contributed by atoms with Gasteiger partial charge in [0.15, 0.2) is 0 Å². The molecular formula is C10H20N2O4. The molecule has 1 atom stereocenters. The van der Waals surface area contributed by atoms with Crippen molar-refractivity contribution in [1.29, 1.82) is 0 Å². The Morgan fingerprint density at radius 3 is 2.88 bits per heavy atom. The maximum Gasteiger partial charge on any atom is 0.319 e. The molecule has 0 amide bonds. The van der Waals surface area contributed by atoms with E-state index in [1.165, 1.54) is 7.11 Å². The van der Waals surface area contributed by atoms with Gasteiger partial charge < -0.3 is 19.9 Å². The molecule has 0 aliphatic carbocycles. The maximum atomic E-state index is 10.8.